The lowest BCUT2D eigenvalue weighted by atomic mass is 10.1. The summed E-state index contributed by atoms with van der Waals surface area (Å²) in [6.45, 7) is 5.73. The van der Waals surface area contributed by atoms with Crippen LogP contribution in [0.5, 0.6) is 11.5 Å². The van der Waals surface area contributed by atoms with Crippen LogP contribution in [0.1, 0.15) is 30.5 Å². The maximum Gasteiger partial charge on any atom is 0.180 e. The number of aryl methyl sites for hydroxylation is 1. The van der Waals surface area contributed by atoms with Gasteiger partial charge in [-0.3, -0.25) is 0 Å². The number of anilines is 1. The van der Waals surface area contributed by atoms with Crippen LogP contribution in [0.4, 0.5) is 5.69 Å². The van der Waals surface area contributed by atoms with Crippen molar-refractivity contribution < 1.29 is 9.47 Å². The summed E-state index contributed by atoms with van der Waals surface area (Å²) in [6.07, 6.45) is 0.983. The highest BCUT2D eigenvalue weighted by molar-refractivity contribution is 9.10. The molecule has 0 fully saturated rings. The van der Waals surface area contributed by atoms with Crippen LogP contribution in [0.15, 0.2) is 65.1 Å². The van der Waals surface area contributed by atoms with Crippen LogP contribution < -0.4 is 14.8 Å². The van der Waals surface area contributed by atoms with Gasteiger partial charge in [-0.15, -0.1) is 0 Å². The quantitative estimate of drug-likeness (QED) is 0.354. The van der Waals surface area contributed by atoms with Crippen molar-refractivity contribution in [2.75, 3.05) is 11.9 Å². The molecule has 1 N–H and O–H groups in total. The third kappa shape index (κ3) is 5.91. The highest BCUT2D eigenvalue weighted by Gasteiger charge is 2.13. The Hall–Kier alpha value is -2.17. The molecule has 0 saturated carbocycles. The fourth-order valence-corrected chi connectivity index (χ4v) is 3.61. The SMILES string of the molecule is CCOc1cc(CNc2ccccc2CC)cc(Cl)c1OCc1ccc(Br)cc1. The molecule has 0 atom stereocenters. The summed E-state index contributed by atoms with van der Waals surface area (Å²) in [5.41, 5.74) is 4.53. The maximum atomic E-state index is 6.56. The third-order valence-corrected chi connectivity index (χ3v) is 5.36. The van der Waals surface area contributed by atoms with Gasteiger partial charge in [0.25, 0.3) is 0 Å². The van der Waals surface area contributed by atoms with Gasteiger partial charge in [0.05, 0.1) is 11.6 Å². The van der Waals surface area contributed by atoms with Gasteiger partial charge in [-0.25, -0.2) is 0 Å². The molecule has 0 unspecified atom stereocenters. The molecule has 0 aromatic heterocycles. The fourth-order valence-electron chi connectivity index (χ4n) is 3.06. The zero-order valence-electron chi connectivity index (χ0n) is 16.7. The number of benzene rings is 3. The van der Waals surface area contributed by atoms with Crippen LogP contribution in [-0.4, -0.2) is 6.61 Å². The number of hydrogen-bond donors (Lipinski definition) is 1. The number of para-hydroxylation sites is 1. The highest BCUT2D eigenvalue weighted by atomic mass is 79.9. The Morgan fingerprint density at radius 1 is 0.931 bits per heavy atom. The molecule has 0 spiro atoms. The zero-order valence-corrected chi connectivity index (χ0v) is 19.0. The molecule has 152 valence electrons. The molecule has 0 heterocycles. The van der Waals surface area contributed by atoms with E-state index in [1.165, 1.54) is 5.56 Å². The molecular formula is C24H25BrClNO2. The number of hydrogen-bond acceptors (Lipinski definition) is 3. The van der Waals surface area contributed by atoms with Gasteiger partial charge in [0.2, 0.25) is 0 Å². The minimum absolute atomic E-state index is 0.425. The normalized spacial score (nSPS) is 10.6. The van der Waals surface area contributed by atoms with E-state index in [0.717, 1.165) is 27.7 Å². The van der Waals surface area contributed by atoms with Gasteiger partial charge in [0, 0.05) is 16.7 Å². The first-order valence-electron chi connectivity index (χ1n) is 9.75. The summed E-state index contributed by atoms with van der Waals surface area (Å²) in [5, 5.41) is 4.05. The monoisotopic (exact) mass is 473 g/mol. The summed E-state index contributed by atoms with van der Waals surface area (Å²) < 4.78 is 12.9. The van der Waals surface area contributed by atoms with E-state index >= 15 is 0 Å². The van der Waals surface area contributed by atoms with E-state index in [9.17, 15) is 0 Å². The zero-order chi connectivity index (χ0) is 20.6. The van der Waals surface area contributed by atoms with Gasteiger partial charge in [0.1, 0.15) is 6.61 Å². The van der Waals surface area contributed by atoms with Crippen molar-refractivity contribution in [1.29, 1.82) is 0 Å². The topological polar surface area (TPSA) is 30.5 Å². The molecule has 0 amide bonds. The van der Waals surface area contributed by atoms with E-state index in [0.29, 0.717) is 36.3 Å². The lowest BCUT2D eigenvalue weighted by Crippen LogP contribution is -2.05. The smallest absolute Gasteiger partial charge is 0.180 e. The second-order valence-electron chi connectivity index (χ2n) is 6.62. The van der Waals surface area contributed by atoms with Crippen LogP contribution in [-0.2, 0) is 19.6 Å². The average molecular weight is 475 g/mol. The minimum atomic E-state index is 0.425. The van der Waals surface area contributed by atoms with E-state index in [2.05, 4.69) is 46.4 Å². The van der Waals surface area contributed by atoms with Gasteiger partial charge in [-0.05, 0) is 60.4 Å². The van der Waals surface area contributed by atoms with Crippen LogP contribution in [0.2, 0.25) is 5.02 Å². The summed E-state index contributed by atoms with van der Waals surface area (Å²) in [7, 11) is 0. The maximum absolute atomic E-state index is 6.56. The van der Waals surface area contributed by atoms with Gasteiger partial charge < -0.3 is 14.8 Å². The molecule has 0 aliphatic carbocycles. The molecule has 0 bridgehead atoms. The lowest BCUT2D eigenvalue weighted by Gasteiger charge is -2.16. The van der Waals surface area contributed by atoms with Gasteiger partial charge >= 0.3 is 0 Å². The summed E-state index contributed by atoms with van der Waals surface area (Å²) >= 11 is 10.0. The van der Waals surface area contributed by atoms with E-state index in [1.54, 1.807) is 0 Å². The molecule has 5 heteroatoms. The second kappa shape index (κ2) is 10.6. The summed E-state index contributed by atoms with van der Waals surface area (Å²) in [4.78, 5) is 0. The van der Waals surface area contributed by atoms with Gasteiger partial charge in [-0.1, -0.05) is 64.8 Å². The Morgan fingerprint density at radius 3 is 2.41 bits per heavy atom. The van der Waals surface area contributed by atoms with Crippen molar-refractivity contribution in [3.05, 3.63) is 86.8 Å². The molecule has 3 aromatic carbocycles. The predicted octanol–water partition coefficient (Wildman–Crippen LogP) is 7.25. The van der Waals surface area contributed by atoms with E-state index in [-0.39, 0.29) is 0 Å². The largest absolute Gasteiger partial charge is 0.490 e. The van der Waals surface area contributed by atoms with Gasteiger partial charge in [0.15, 0.2) is 11.5 Å². The highest BCUT2D eigenvalue weighted by Crippen LogP contribution is 2.37. The van der Waals surface area contributed by atoms with Crippen molar-refractivity contribution in [3.63, 3.8) is 0 Å². The van der Waals surface area contributed by atoms with E-state index < -0.39 is 0 Å². The van der Waals surface area contributed by atoms with Crippen LogP contribution in [0, 0.1) is 0 Å². The number of nitrogens with one attached hydrogen (secondary N) is 1. The predicted molar refractivity (Wildman–Crippen MR) is 124 cm³/mol. The first-order chi connectivity index (χ1) is 14.1. The molecule has 3 nitrogen and oxygen atoms in total. The molecule has 3 aromatic rings. The first kappa shape index (κ1) is 21.5. The molecule has 29 heavy (non-hydrogen) atoms. The van der Waals surface area contributed by atoms with Crippen molar-refractivity contribution >= 4 is 33.2 Å². The standard InChI is InChI=1S/C24H25BrClNO2/c1-3-19-7-5-6-8-22(19)27-15-18-13-21(26)24(23(14-18)28-4-2)29-16-17-9-11-20(25)12-10-17/h5-14,27H,3-4,15-16H2,1-2H3. The van der Waals surface area contributed by atoms with Crippen molar-refractivity contribution in [3.8, 4) is 11.5 Å². The molecule has 3 rings (SSSR count). The average Bonchev–Trinajstić information content (AvgIpc) is 2.73. The number of ether oxygens (including phenoxy) is 2. The molecule has 0 aliphatic rings. The lowest BCUT2D eigenvalue weighted by molar-refractivity contribution is 0.269. The minimum Gasteiger partial charge on any atom is -0.490 e. The van der Waals surface area contributed by atoms with Gasteiger partial charge in [-0.2, -0.15) is 0 Å². The molecule has 0 saturated heterocycles. The Bertz CT molecular complexity index is 944. The Kier molecular flexibility index (Phi) is 7.84. The Morgan fingerprint density at radius 2 is 1.69 bits per heavy atom. The molecule has 0 radical (unpaired) electrons. The fraction of sp³-hybridized carbons (Fsp3) is 0.250. The molecule has 0 aliphatic heterocycles. The second-order valence-corrected chi connectivity index (χ2v) is 7.94. The number of rotatable bonds is 9. The van der Waals surface area contributed by atoms with E-state index in [1.807, 2.05) is 49.4 Å². The third-order valence-electron chi connectivity index (χ3n) is 4.55. The summed E-state index contributed by atoms with van der Waals surface area (Å²) in [6, 6.07) is 20.3. The first-order valence-corrected chi connectivity index (χ1v) is 10.9. The Balaban J connectivity index is 1.75. The van der Waals surface area contributed by atoms with Crippen LogP contribution in [0.25, 0.3) is 0 Å². The number of halogens is 2. The van der Waals surface area contributed by atoms with Crippen molar-refractivity contribution in [2.24, 2.45) is 0 Å². The van der Waals surface area contributed by atoms with Crippen molar-refractivity contribution in [2.45, 2.75) is 33.4 Å². The van der Waals surface area contributed by atoms with Crippen molar-refractivity contribution in [1.82, 2.24) is 0 Å². The Labute approximate surface area is 186 Å². The van der Waals surface area contributed by atoms with Crippen LogP contribution in [0.3, 0.4) is 0 Å². The van der Waals surface area contributed by atoms with Crippen LogP contribution >= 0.6 is 27.5 Å². The molecular weight excluding hydrogens is 450 g/mol. The summed E-state index contributed by atoms with van der Waals surface area (Å²) in [5.74, 6) is 1.24. The van der Waals surface area contributed by atoms with E-state index in [4.69, 9.17) is 21.1 Å².